The van der Waals surface area contributed by atoms with Crippen molar-refractivity contribution in [2.24, 2.45) is 5.92 Å². The SMILES string of the molecule is COC(=O)NS(=O)(=O)NC1CCCC1CCl. The van der Waals surface area contributed by atoms with Crippen molar-refractivity contribution in [2.75, 3.05) is 13.0 Å². The molecule has 0 heterocycles. The van der Waals surface area contributed by atoms with Crippen molar-refractivity contribution in [3.63, 3.8) is 0 Å². The van der Waals surface area contributed by atoms with Gasteiger partial charge in [-0.05, 0) is 18.8 Å². The first-order chi connectivity index (χ1) is 7.48. The molecule has 2 N–H and O–H groups in total. The van der Waals surface area contributed by atoms with Crippen LogP contribution in [-0.2, 0) is 14.9 Å². The monoisotopic (exact) mass is 270 g/mol. The van der Waals surface area contributed by atoms with Gasteiger partial charge in [-0.2, -0.15) is 13.1 Å². The fraction of sp³-hybridized carbons (Fsp3) is 0.875. The summed E-state index contributed by atoms with van der Waals surface area (Å²) in [6.07, 6.45) is 1.56. The molecule has 6 nitrogen and oxygen atoms in total. The number of methoxy groups -OCH3 is 1. The minimum atomic E-state index is -3.85. The number of alkyl halides is 1. The van der Waals surface area contributed by atoms with Gasteiger partial charge in [0.1, 0.15) is 0 Å². The number of rotatable bonds is 4. The zero-order chi connectivity index (χ0) is 12.2. The van der Waals surface area contributed by atoms with E-state index in [0.717, 1.165) is 26.4 Å². The highest BCUT2D eigenvalue weighted by Crippen LogP contribution is 2.26. The van der Waals surface area contributed by atoms with E-state index in [0.29, 0.717) is 5.88 Å². The van der Waals surface area contributed by atoms with Gasteiger partial charge in [0.25, 0.3) is 0 Å². The van der Waals surface area contributed by atoms with Gasteiger partial charge in [-0.1, -0.05) is 6.42 Å². The van der Waals surface area contributed by atoms with Crippen molar-refractivity contribution < 1.29 is 17.9 Å². The van der Waals surface area contributed by atoms with Crippen LogP contribution in [0.4, 0.5) is 4.79 Å². The number of halogens is 1. The van der Waals surface area contributed by atoms with Gasteiger partial charge in [-0.15, -0.1) is 11.6 Å². The van der Waals surface area contributed by atoms with Gasteiger partial charge >= 0.3 is 16.3 Å². The standard InChI is InChI=1S/C8H15ClN2O4S/c1-15-8(12)11-16(13,14)10-7-4-2-3-6(7)5-9/h6-7,10H,2-5H2,1H3,(H,11,12). The molecule has 8 heteroatoms. The Balaban J connectivity index is 2.55. The lowest BCUT2D eigenvalue weighted by Gasteiger charge is -2.18. The topological polar surface area (TPSA) is 84.5 Å². The maximum atomic E-state index is 11.5. The average Bonchev–Trinajstić information content (AvgIpc) is 2.63. The number of hydrogen-bond acceptors (Lipinski definition) is 4. The third kappa shape index (κ3) is 3.80. The Labute approximate surface area is 99.9 Å². The Bertz CT molecular complexity index is 346. The van der Waals surface area contributed by atoms with Crippen LogP contribution in [-0.4, -0.2) is 33.5 Å². The highest BCUT2D eigenvalue weighted by Gasteiger charge is 2.30. The molecule has 0 spiro atoms. The van der Waals surface area contributed by atoms with Crippen LogP contribution in [0.5, 0.6) is 0 Å². The molecule has 0 saturated heterocycles. The molecule has 1 fully saturated rings. The lowest BCUT2D eigenvalue weighted by molar-refractivity contribution is 0.177. The molecule has 0 aliphatic heterocycles. The van der Waals surface area contributed by atoms with E-state index < -0.39 is 16.3 Å². The van der Waals surface area contributed by atoms with Gasteiger partial charge in [0.05, 0.1) is 7.11 Å². The largest absolute Gasteiger partial charge is 0.452 e. The Morgan fingerprint density at radius 3 is 2.75 bits per heavy atom. The molecular weight excluding hydrogens is 256 g/mol. The van der Waals surface area contributed by atoms with E-state index in [2.05, 4.69) is 9.46 Å². The second kappa shape index (κ2) is 5.70. The van der Waals surface area contributed by atoms with Crippen LogP contribution >= 0.6 is 11.6 Å². The van der Waals surface area contributed by atoms with Gasteiger partial charge in [0.2, 0.25) is 0 Å². The van der Waals surface area contributed by atoms with Gasteiger partial charge < -0.3 is 4.74 Å². The van der Waals surface area contributed by atoms with Gasteiger partial charge in [0.15, 0.2) is 0 Å². The number of amides is 1. The molecule has 0 bridgehead atoms. The van der Waals surface area contributed by atoms with Gasteiger partial charge in [-0.3, -0.25) is 0 Å². The maximum absolute atomic E-state index is 11.5. The summed E-state index contributed by atoms with van der Waals surface area (Å²) < 4.78 is 31.2. The van der Waals surface area contributed by atoms with E-state index in [1.807, 2.05) is 0 Å². The summed E-state index contributed by atoms with van der Waals surface area (Å²) in [4.78, 5) is 10.8. The molecule has 94 valence electrons. The number of ether oxygens (including phenoxy) is 1. The van der Waals surface area contributed by atoms with Crippen LogP contribution in [0.3, 0.4) is 0 Å². The number of hydrogen-bond donors (Lipinski definition) is 2. The van der Waals surface area contributed by atoms with Gasteiger partial charge in [0, 0.05) is 11.9 Å². The molecule has 2 atom stereocenters. The van der Waals surface area contributed by atoms with Crippen molar-refractivity contribution in [3.05, 3.63) is 0 Å². The third-order valence-corrected chi connectivity index (χ3v) is 4.01. The Hall–Kier alpha value is -0.530. The lowest BCUT2D eigenvalue weighted by Crippen LogP contribution is -2.46. The summed E-state index contributed by atoms with van der Waals surface area (Å²) >= 11 is 5.72. The van der Waals surface area contributed by atoms with E-state index in [1.165, 1.54) is 0 Å². The van der Waals surface area contributed by atoms with Crippen molar-refractivity contribution in [1.29, 1.82) is 0 Å². The molecule has 0 aromatic heterocycles. The molecule has 1 amide bonds. The summed E-state index contributed by atoms with van der Waals surface area (Å²) in [6, 6.07) is -0.209. The second-order valence-corrected chi connectivity index (χ2v) is 5.42. The predicted molar refractivity (Wildman–Crippen MR) is 59.4 cm³/mol. The van der Waals surface area contributed by atoms with E-state index >= 15 is 0 Å². The first kappa shape index (κ1) is 13.5. The molecule has 1 saturated carbocycles. The minimum Gasteiger partial charge on any atom is -0.452 e. The third-order valence-electron chi connectivity index (χ3n) is 2.57. The van der Waals surface area contributed by atoms with Gasteiger partial charge in [-0.25, -0.2) is 9.52 Å². The number of carbonyl (C=O) groups is 1. The predicted octanol–water partition coefficient (Wildman–Crippen LogP) is 0.584. The number of nitrogens with one attached hydrogen (secondary N) is 2. The molecule has 2 unspecified atom stereocenters. The summed E-state index contributed by atoms with van der Waals surface area (Å²) in [5.41, 5.74) is 0. The number of carbonyl (C=O) groups excluding carboxylic acids is 1. The van der Waals surface area contributed by atoms with Crippen LogP contribution in [0.25, 0.3) is 0 Å². The van der Waals surface area contributed by atoms with Crippen molar-refractivity contribution >= 4 is 27.9 Å². The quantitative estimate of drug-likeness (QED) is 0.732. The van der Waals surface area contributed by atoms with E-state index in [4.69, 9.17) is 11.6 Å². The zero-order valence-corrected chi connectivity index (χ0v) is 10.5. The summed E-state index contributed by atoms with van der Waals surface area (Å²) in [7, 11) is -2.75. The highest BCUT2D eigenvalue weighted by atomic mass is 35.5. The molecule has 0 radical (unpaired) electrons. The molecule has 1 aliphatic rings. The normalized spacial score (nSPS) is 25.4. The molecule has 0 aromatic carbocycles. The lowest BCUT2D eigenvalue weighted by atomic mass is 10.1. The van der Waals surface area contributed by atoms with Crippen LogP contribution in [0.15, 0.2) is 0 Å². The second-order valence-electron chi connectivity index (χ2n) is 3.67. The smallest absolute Gasteiger partial charge is 0.421 e. The Kier molecular flexibility index (Phi) is 4.82. The maximum Gasteiger partial charge on any atom is 0.421 e. The first-order valence-corrected chi connectivity index (χ1v) is 6.94. The molecule has 0 aromatic rings. The molecule has 16 heavy (non-hydrogen) atoms. The van der Waals surface area contributed by atoms with Crippen LogP contribution in [0.2, 0.25) is 0 Å². The minimum absolute atomic E-state index is 0.121. The summed E-state index contributed by atoms with van der Waals surface area (Å²) in [5, 5.41) is 0. The van der Waals surface area contributed by atoms with Crippen molar-refractivity contribution in [1.82, 2.24) is 9.44 Å². The van der Waals surface area contributed by atoms with Crippen LogP contribution < -0.4 is 9.44 Å². The van der Waals surface area contributed by atoms with Crippen LogP contribution in [0.1, 0.15) is 19.3 Å². The van der Waals surface area contributed by atoms with Crippen molar-refractivity contribution in [2.45, 2.75) is 25.3 Å². The fourth-order valence-corrected chi connectivity index (χ4v) is 3.20. The average molecular weight is 271 g/mol. The fourth-order valence-electron chi connectivity index (χ4n) is 1.76. The molecule has 1 aliphatic carbocycles. The van der Waals surface area contributed by atoms with E-state index in [1.54, 1.807) is 4.72 Å². The molecular formula is C8H15ClN2O4S. The zero-order valence-electron chi connectivity index (χ0n) is 8.90. The highest BCUT2D eigenvalue weighted by molar-refractivity contribution is 7.88. The summed E-state index contributed by atoms with van der Waals surface area (Å²) in [5.74, 6) is 0.529. The summed E-state index contributed by atoms with van der Waals surface area (Å²) in [6.45, 7) is 0. The molecule has 1 rings (SSSR count). The Morgan fingerprint density at radius 1 is 1.50 bits per heavy atom. The Morgan fingerprint density at radius 2 is 2.19 bits per heavy atom. The van der Waals surface area contributed by atoms with E-state index in [-0.39, 0.29) is 12.0 Å². The van der Waals surface area contributed by atoms with Crippen LogP contribution in [0, 0.1) is 5.92 Å². The first-order valence-electron chi connectivity index (χ1n) is 4.92. The van der Waals surface area contributed by atoms with Crippen molar-refractivity contribution in [3.8, 4) is 0 Å². The van der Waals surface area contributed by atoms with E-state index in [9.17, 15) is 13.2 Å².